The van der Waals surface area contributed by atoms with Crippen LogP contribution >= 0.6 is 0 Å². The van der Waals surface area contributed by atoms with Gasteiger partial charge in [-0.3, -0.25) is 0 Å². The van der Waals surface area contributed by atoms with Gasteiger partial charge in [0.05, 0.1) is 24.9 Å². The average molecular weight is 987 g/mol. The minimum Gasteiger partial charge on any atom is -0.497 e. The van der Waals surface area contributed by atoms with Crippen molar-refractivity contribution in [1.29, 1.82) is 10.5 Å². The smallest absolute Gasteiger partial charge is 0.328 e. The number of rotatable bonds is 12. The molecule has 0 spiro atoms. The Balaban J connectivity index is 1.36. The number of nitriles is 2. The van der Waals surface area contributed by atoms with E-state index in [2.05, 4.69) is 161 Å². The van der Waals surface area contributed by atoms with Gasteiger partial charge in [-0.05, 0) is 61.4 Å². The lowest BCUT2D eigenvalue weighted by molar-refractivity contribution is 0.414. The van der Waals surface area contributed by atoms with Gasteiger partial charge in [0, 0.05) is 45.8 Å². The molecule has 0 N–H and O–H groups in total. The van der Waals surface area contributed by atoms with Crippen LogP contribution in [0.4, 0.5) is 0 Å². The van der Waals surface area contributed by atoms with Crippen molar-refractivity contribution in [2.45, 2.75) is 25.7 Å². The maximum Gasteiger partial charge on any atom is 0.328 e. The Morgan fingerprint density at radius 1 is 0.553 bits per heavy atom. The summed E-state index contributed by atoms with van der Waals surface area (Å²) in [7, 11) is 3.23. The van der Waals surface area contributed by atoms with E-state index < -0.39 is 13.7 Å². The van der Waals surface area contributed by atoms with Gasteiger partial charge in [0.25, 0.3) is 0 Å². The van der Waals surface area contributed by atoms with Crippen molar-refractivity contribution in [3.8, 4) is 34.9 Å². The quantitative estimate of drug-likeness (QED) is 0.0877. The van der Waals surface area contributed by atoms with E-state index in [1.165, 1.54) is 0 Å². The molecule has 4 aromatic heterocycles. The fourth-order valence-corrected chi connectivity index (χ4v) is 12.2. The molecule has 0 aliphatic heterocycles. The maximum atomic E-state index is 12.2. The summed E-state index contributed by atoms with van der Waals surface area (Å²) in [6.07, 6.45) is 6.58. The summed E-state index contributed by atoms with van der Waals surface area (Å²) in [5.41, 5.74) is 10.3. The molecule has 3 unspecified atom stereocenters. The number of aryl methyl sites for hydroxylation is 1. The summed E-state index contributed by atoms with van der Waals surface area (Å²) >= 11 is 0. The first kappa shape index (κ1) is 46.3. The highest BCUT2D eigenvalue weighted by Gasteiger charge is 2.44. The normalized spacial score (nSPS) is 16.5. The molecule has 364 valence electrons. The van der Waals surface area contributed by atoms with Crippen molar-refractivity contribution in [2.24, 2.45) is 11.8 Å². The van der Waals surface area contributed by atoms with Gasteiger partial charge in [0.2, 0.25) is 11.8 Å². The predicted octanol–water partition coefficient (Wildman–Crippen LogP) is 9.15. The molecule has 0 amide bonds. The number of benzene rings is 7. The SMILES string of the molecule is COc1ccc2nc(/C(C#N)=c3/c4c(C5CC6C=CC5C6)n(B(c5ccccc5)c5ccccc5)/c(=C(/C#N)c5nc6ccc(OC)cc6o5)c4c(-c4ccccc4C)n3B(c3ccccc3)c3ccccc3)oc2c1. The Morgan fingerprint density at radius 2 is 1.01 bits per heavy atom. The topological polar surface area (TPSA) is 128 Å². The van der Waals surface area contributed by atoms with Gasteiger partial charge in [0.15, 0.2) is 11.2 Å². The van der Waals surface area contributed by atoms with Gasteiger partial charge in [0.1, 0.15) is 45.8 Å². The van der Waals surface area contributed by atoms with E-state index in [1.807, 2.05) is 48.5 Å². The molecule has 76 heavy (non-hydrogen) atoms. The van der Waals surface area contributed by atoms with Crippen LogP contribution in [0.3, 0.4) is 0 Å². The highest BCUT2D eigenvalue weighted by Crippen LogP contribution is 2.51. The largest absolute Gasteiger partial charge is 0.497 e. The third kappa shape index (κ3) is 7.64. The monoisotopic (exact) mass is 986 g/mol. The highest BCUT2D eigenvalue weighted by molar-refractivity contribution is 6.85. The lowest BCUT2D eigenvalue weighted by Gasteiger charge is -2.28. The first-order chi connectivity index (χ1) is 37.4. The summed E-state index contributed by atoms with van der Waals surface area (Å²) in [6.45, 7) is 1.12. The van der Waals surface area contributed by atoms with Crippen molar-refractivity contribution >= 4 is 79.7 Å². The molecule has 2 aliphatic rings. The van der Waals surface area contributed by atoms with E-state index in [0.29, 0.717) is 50.3 Å². The molecule has 7 aromatic carbocycles. The molecular formula is C64H48B2N6O4. The van der Waals surface area contributed by atoms with E-state index >= 15 is 0 Å². The number of fused-ring (bicyclic) bond motifs is 5. The van der Waals surface area contributed by atoms with E-state index in [4.69, 9.17) is 28.3 Å². The molecule has 11 aromatic rings. The van der Waals surface area contributed by atoms with Crippen molar-refractivity contribution in [3.05, 3.63) is 228 Å². The van der Waals surface area contributed by atoms with Crippen LogP contribution in [0.15, 0.2) is 203 Å². The van der Waals surface area contributed by atoms with E-state index in [-0.39, 0.29) is 34.8 Å². The van der Waals surface area contributed by atoms with Crippen LogP contribution in [-0.4, -0.2) is 46.8 Å². The van der Waals surface area contributed by atoms with Crippen molar-refractivity contribution in [2.75, 3.05) is 14.2 Å². The lowest BCUT2D eigenvalue weighted by Crippen LogP contribution is -2.55. The second-order valence-corrected chi connectivity index (χ2v) is 19.7. The number of ether oxygens (including phenoxy) is 2. The van der Waals surface area contributed by atoms with Crippen molar-refractivity contribution < 1.29 is 18.3 Å². The summed E-state index contributed by atoms with van der Waals surface area (Å²) in [4.78, 5) is 10.3. The maximum absolute atomic E-state index is 12.2. The van der Waals surface area contributed by atoms with Crippen LogP contribution in [0.5, 0.6) is 11.5 Å². The number of hydrogen-bond donors (Lipinski definition) is 0. The van der Waals surface area contributed by atoms with Gasteiger partial charge in [-0.15, -0.1) is 0 Å². The van der Waals surface area contributed by atoms with Crippen LogP contribution in [-0.2, 0) is 0 Å². The number of oxazole rings is 2. The van der Waals surface area contributed by atoms with E-state index in [0.717, 1.165) is 68.0 Å². The number of methoxy groups -OCH3 is 2. The molecule has 0 radical (unpaired) electrons. The molecule has 0 saturated heterocycles. The third-order valence-electron chi connectivity index (χ3n) is 15.5. The second-order valence-electron chi connectivity index (χ2n) is 19.7. The van der Waals surface area contributed by atoms with Crippen LogP contribution in [0.1, 0.15) is 41.8 Å². The number of hydrogen-bond acceptors (Lipinski definition) is 8. The van der Waals surface area contributed by atoms with Crippen LogP contribution in [0, 0.1) is 41.4 Å². The summed E-state index contributed by atoms with van der Waals surface area (Å²) in [5, 5.41) is 27.3. The Kier molecular flexibility index (Phi) is 11.6. The molecule has 4 heterocycles. The molecule has 1 saturated carbocycles. The first-order valence-electron chi connectivity index (χ1n) is 25.6. The Bertz CT molecular complexity index is 4100. The molecule has 3 atom stereocenters. The number of nitrogens with zero attached hydrogens (tertiary/aromatic N) is 6. The number of aromatic nitrogens is 4. The molecule has 13 rings (SSSR count). The fourth-order valence-electron chi connectivity index (χ4n) is 12.2. The van der Waals surface area contributed by atoms with E-state index in [9.17, 15) is 10.5 Å². The molecule has 1 fully saturated rings. The van der Waals surface area contributed by atoms with Gasteiger partial charge in [-0.1, -0.05) is 180 Å². The minimum atomic E-state index is -0.525. The standard InChI is InChI=1S/C64H48B2N6O4/c1-40-18-16-17-27-49(40)59-57-58(62(52(39-68)64-70-54-33-31-48(74-3)37-56(54)76-64)71(59)65(43-19-8-4-9-20-43)44-21-10-5-11-22-44)60(50-35-41-28-29-42(50)34-41)72(66(45-23-12-6-13-24-45)46-25-14-7-15-26-46)61(57)51(38-67)63-69-53-32-30-47(73-2)36-55(53)75-63/h4-33,36-37,41-42,50H,34-35H2,1-3H3/b61-51-,62-52-. The van der Waals surface area contributed by atoms with Crippen molar-refractivity contribution in [3.63, 3.8) is 0 Å². The zero-order valence-electron chi connectivity index (χ0n) is 42.1. The summed E-state index contributed by atoms with van der Waals surface area (Å²) in [6, 6.07) is 66.8. The average Bonchev–Trinajstić information content (AvgIpc) is 4.54. The predicted molar refractivity (Wildman–Crippen MR) is 301 cm³/mol. The van der Waals surface area contributed by atoms with Gasteiger partial charge in [-0.2, -0.15) is 10.5 Å². The van der Waals surface area contributed by atoms with E-state index in [1.54, 1.807) is 26.4 Å². The molecular weight excluding hydrogens is 938 g/mol. The Labute approximate surface area is 439 Å². The van der Waals surface area contributed by atoms with Gasteiger partial charge < -0.3 is 27.3 Å². The summed E-state index contributed by atoms with van der Waals surface area (Å²) < 4.78 is 29.7. The fraction of sp³-hybridized carbons (Fsp3) is 0.125. The van der Waals surface area contributed by atoms with Gasteiger partial charge >= 0.3 is 13.7 Å². The molecule has 10 nitrogen and oxygen atoms in total. The zero-order valence-corrected chi connectivity index (χ0v) is 42.1. The molecule has 2 bridgehead atoms. The Morgan fingerprint density at radius 3 is 1.45 bits per heavy atom. The summed E-state index contributed by atoms with van der Waals surface area (Å²) in [5.74, 6) is 1.97. The highest BCUT2D eigenvalue weighted by atomic mass is 16.5. The van der Waals surface area contributed by atoms with Crippen LogP contribution in [0.2, 0.25) is 0 Å². The lowest BCUT2D eigenvalue weighted by atomic mass is 9.49. The van der Waals surface area contributed by atoms with Crippen molar-refractivity contribution in [1.82, 2.24) is 18.9 Å². The third-order valence-corrected chi connectivity index (χ3v) is 15.5. The molecule has 2 aliphatic carbocycles. The Hall–Kier alpha value is -9.51. The molecule has 12 heteroatoms. The first-order valence-corrected chi connectivity index (χ1v) is 25.6. The number of allylic oxidation sites excluding steroid dienone is 2. The van der Waals surface area contributed by atoms with Crippen LogP contribution in [0.25, 0.3) is 55.4 Å². The second kappa shape index (κ2) is 19.1. The van der Waals surface area contributed by atoms with Crippen LogP contribution < -0.4 is 42.0 Å². The zero-order chi connectivity index (χ0) is 51.4. The minimum absolute atomic E-state index is 0.0620. The van der Waals surface area contributed by atoms with Gasteiger partial charge in [-0.25, -0.2) is 9.97 Å².